The summed E-state index contributed by atoms with van der Waals surface area (Å²) in [7, 11) is 0. The van der Waals surface area contributed by atoms with E-state index in [4.69, 9.17) is 0 Å². The number of benzene rings is 5. The summed E-state index contributed by atoms with van der Waals surface area (Å²) in [5, 5.41) is 3.94. The third kappa shape index (κ3) is 4.24. The first-order valence-corrected chi connectivity index (χ1v) is 15.7. The van der Waals surface area contributed by atoms with Gasteiger partial charge in [0.15, 0.2) is 0 Å². The van der Waals surface area contributed by atoms with E-state index in [0.29, 0.717) is 11.8 Å². The van der Waals surface area contributed by atoms with Crippen LogP contribution in [0.25, 0.3) is 50.2 Å². The van der Waals surface area contributed by atoms with Gasteiger partial charge in [-0.05, 0) is 72.4 Å². The molecular weight excluding hydrogens is 520 g/mol. The van der Waals surface area contributed by atoms with Gasteiger partial charge in [0.05, 0.1) is 16.6 Å². The Labute approximate surface area is 253 Å². The molecule has 1 aliphatic carbocycles. The molecule has 2 heteroatoms. The molecule has 8 rings (SSSR count). The second kappa shape index (κ2) is 10.5. The second-order valence-electron chi connectivity index (χ2n) is 12.1. The van der Waals surface area contributed by atoms with Crippen LogP contribution < -0.4 is 0 Å². The van der Waals surface area contributed by atoms with Crippen LogP contribution >= 0.6 is 0 Å². The minimum atomic E-state index is 0.486. The fourth-order valence-corrected chi connectivity index (χ4v) is 7.42. The van der Waals surface area contributed by atoms with Gasteiger partial charge in [-0.1, -0.05) is 111 Å². The number of nitrogens with zero attached hydrogens (tertiary/aromatic N) is 2. The van der Waals surface area contributed by atoms with Crippen molar-refractivity contribution in [1.29, 1.82) is 0 Å². The summed E-state index contributed by atoms with van der Waals surface area (Å²) in [4.78, 5) is 0. The van der Waals surface area contributed by atoms with Crippen molar-refractivity contribution in [1.82, 2.24) is 9.13 Å². The first kappa shape index (κ1) is 25.9. The van der Waals surface area contributed by atoms with Crippen molar-refractivity contribution >= 4 is 38.8 Å². The molecule has 0 saturated carbocycles. The SMILES string of the molecule is CCCC1C=Cc2c(n(-c3ccc(Cc4ccc(-n5c6ccccc6c6ccccc65)cc4)cc3)c3ccccc23)C1C. The molecule has 5 aromatic carbocycles. The summed E-state index contributed by atoms with van der Waals surface area (Å²) >= 11 is 0. The number of para-hydroxylation sites is 3. The number of aromatic nitrogens is 2. The molecule has 0 amide bonds. The molecule has 7 aromatic rings. The molecule has 2 unspecified atom stereocenters. The van der Waals surface area contributed by atoms with Crippen LogP contribution in [0.3, 0.4) is 0 Å². The predicted octanol–water partition coefficient (Wildman–Crippen LogP) is 10.9. The van der Waals surface area contributed by atoms with Gasteiger partial charge in [-0.15, -0.1) is 0 Å². The maximum absolute atomic E-state index is 2.52. The van der Waals surface area contributed by atoms with Gasteiger partial charge < -0.3 is 9.13 Å². The first-order valence-electron chi connectivity index (χ1n) is 15.7. The lowest BCUT2D eigenvalue weighted by Crippen LogP contribution is -2.15. The average molecular weight is 557 g/mol. The number of hydrogen-bond donors (Lipinski definition) is 0. The summed E-state index contributed by atoms with van der Waals surface area (Å²) in [6.07, 6.45) is 8.18. The maximum atomic E-state index is 2.52. The van der Waals surface area contributed by atoms with Crippen molar-refractivity contribution in [2.24, 2.45) is 5.92 Å². The van der Waals surface area contributed by atoms with Crippen molar-refractivity contribution in [2.45, 2.75) is 39.0 Å². The third-order valence-electron chi connectivity index (χ3n) is 9.54. The largest absolute Gasteiger partial charge is 0.313 e. The van der Waals surface area contributed by atoms with Crippen LogP contribution in [0.15, 0.2) is 127 Å². The standard InChI is InChI=1S/C41H36N2/c1-3-10-31-21-26-37-36-13-6-9-16-40(36)43(41(37)28(31)2)33-24-19-30(20-25-33)27-29-17-22-32(23-18-29)42-38-14-7-4-11-34(38)35-12-5-8-15-39(35)42/h4-9,11-26,28,31H,3,10,27H2,1-2H3. The number of fused-ring (bicyclic) bond motifs is 6. The van der Waals surface area contributed by atoms with Crippen LogP contribution in [0.1, 0.15) is 55.0 Å². The molecule has 43 heavy (non-hydrogen) atoms. The van der Waals surface area contributed by atoms with Crippen molar-refractivity contribution < 1.29 is 0 Å². The Hall–Kier alpha value is -4.82. The minimum Gasteiger partial charge on any atom is -0.313 e. The zero-order chi connectivity index (χ0) is 28.9. The molecule has 0 saturated heterocycles. The Morgan fingerprint density at radius 2 is 1.05 bits per heavy atom. The fraction of sp³-hybridized carbons (Fsp3) is 0.171. The van der Waals surface area contributed by atoms with E-state index in [1.165, 1.54) is 79.3 Å². The average Bonchev–Trinajstić information content (AvgIpc) is 3.57. The third-order valence-corrected chi connectivity index (χ3v) is 9.54. The highest BCUT2D eigenvalue weighted by molar-refractivity contribution is 6.09. The summed E-state index contributed by atoms with van der Waals surface area (Å²) < 4.78 is 4.90. The van der Waals surface area contributed by atoms with Crippen LogP contribution in [-0.2, 0) is 6.42 Å². The molecule has 0 N–H and O–H groups in total. The molecule has 1 aliphatic rings. The molecule has 2 atom stereocenters. The number of hydrogen-bond acceptors (Lipinski definition) is 0. The van der Waals surface area contributed by atoms with Crippen molar-refractivity contribution in [3.05, 3.63) is 150 Å². The molecule has 0 radical (unpaired) electrons. The van der Waals surface area contributed by atoms with E-state index in [0.717, 1.165) is 6.42 Å². The lowest BCUT2D eigenvalue weighted by Gasteiger charge is -2.27. The highest BCUT2D eigenvalue weighted by Crippen LogP contribution is 2.43. The smallest absolute Gasteiger partial charge is 0.0541 e. The van der Waals surface area contributed by atoms with Crippen LogP contribution in [0.2, 0.25) is 0 Å². The molecule has 2 heterocycles. The van der Waals surface area contributed by atoms with Gasteiger partial charge in [-0.2, -0.15) is 0 Å². The van der Waals surface area contributed by atoms with E-state index < -0.39 is 0 Å². The molecule has 0 bridgehead atoms. The van der Waals surface area contributed by atoms with Gasteiger partial charge >= 0.3 is 0 Å². The Balaban J connectivity index is 1.10. The molecular formula is C41H36N2. The highest BCUT2D eigenvalue weighted by Gasteiger charge is 2.28. The Kier molecular flexibility index (Phi) is 6.30. The summed E-state index contributed by atoms with van der Waals surface area (Å²) in [6, 6.07) is 44.6. The van der Waals surface area contributed by atoms with Gasteiger partial charge in [0.1, 0.15) is 0 Å². The normalized spacial score (nSPS) is 16.3. The van der Waals surface area contributed by atoms with Gasteiger partial charge in [-0.25, -0.2) is 0 Å². The maximum Gasteiger partial charge on any atom is 0.0541 e. The van der Waals surface area contributed by atoms with E-state index in [1.54, 1.807) is 0 Å². The molecule has 0 aliphatic heterocycles. The lowest BCUT2D eigenvalue weighted by molar-refractivity contribution is 0.480. The van der Waals surface area contributed by atoms with E-state index in [-0.39, 0.29) is 0 Å². The van der Waals surface area contributed by atoms with Crippen LogP contribution in [0.4, 0.5) is 0 Å². The predicted molar refractivity (Wildman–Crippen MR) is 183 cm³/mol. The lowest BCUT2D eigenvalue weighted by atomic mass is 9.81. The Bertz CT molecular complexity index is 2070. The second-order valence-corrected chi connectivity index (χ2v) is 12.1. The summed E-state index contributed by atoms with van der Waals surface area (Å²) in [5.74, 6) is 1.07. The van der Waals surface area contributed by atoms with Crippen LogP contribution in [-0.4, -0.2) is 9.13 Å². The zero-order valence-corrected chi connectivity index (χ0v) is 24.9. The minimum absolute atomic E-state index is 0.486. The van der Waals surface area contributed by atoms with E-state index in [9.17, 15) is 0 Å². The van der Waals surface area contributed by atoms with Gasteiger partial charge in [-0.3, -0.25) is 0 Å². The topological polar surface area (TPSA) is 9.86 Å². The molecule has 2 aromatic heterocycles. The van der Waals surface area contributed by atoms with Crippen molar-refractivity contribution in [2.75, 3.05) is 0 Å². The summed E-state index contributed by atoms with van der Waals surface area (Å²) in [6.45, 7) is 4.71. The number of rotatable bonds is 6. The van der Waals surface area contributed by atoms with Crippen molar-refractivity contribution in [3.8, 4) is 11.4 Å². The highest BCUT2D eigenvalue weighted by atomic mass is 15.0. The first-order chi connectivity index (χ1) is 21.2. The fourth-order valence-electron chi connectivity index (χ4n) is 7.42. The molecule has 2 nitrogen and oxygen atoms in total. The van der Waals surface area contributed by atoms with E-state index in [2.05, 4.69) is 156 Å². The van der Waals surface area contributed by atoms with Crippen LogP contribution in [0, 0.1) is 5.92 Å². The van der Waals surface area contributed by atoms with Crippen molar-refractivity contribution in [3.63, 3.8) is 0 Å². The zero-order valence-electron chi connectivity index (χ0n) is 24.9. The van der Waals surface area contributed by atoms with Crippen LogP contribution in [0.5, 0.6) is 0 Å². The number of allylic oxidation sites excluding steroid dienone is 1. The molecule has 0 spiro atoms. The Morgan fingerprint density at radius 1 is 0.558 bits per heavy atom. The van der Waals surface area contributed by atoms with E-state index >= 15 is 0 Å². The molecule has 0 fully saturated rings. The monoisotopic (exact) mass is 556 g/mol. The van der Waals surface area contributed by atoms with Gasteiger partial charge in [0.2, 0.25) is 0 Å². The summed E-state index contributed by atoms with van der Waals surface area (Å²) in [5.41, 5.74) is 11.7. The Morgan fingerprint density at radius 3 is 1.60 bits per heavy atom. The quantitative estimate of drug-likeness (QED) is 0.193. The van der Waals surface area contributed by atoms with Gasteiger partial charge in [0.25, 0.3) is 0 Å². The molecule has 210 valence electrons. The van der Waals surface area contributed by atoms with Gasteiger partial charge in [0, 0.05) is 44.7 Å². The van der Waals surface area contributed by atoms with E-state index in [1.807, 2.05) is 0 Å².